The molecule has 3 N–H and O–H groups in total. The zero-order chi connectivity index (χ0) is 9.94. The molecule has 1 atom stereocenters. The number of halogens is 1. The molecule has 0 radical (unpaired) electrons. The molecule has 0 spiro atoms. The average molecular weight is 176 g/mol. The Labute approximate surface area is 70.3 Å². The average Bonchev–Trinajstić information content (AvgIpc) is 1.85. The highest BCUT2D eigenvalue weighted by molar-refractivity contribution is 5.89. The van der Waals surface area contributed by atoms with Crippen molar-refractivity contribution in [2.75, 3.05) is 0 Å². The Morgan fingerprint density at radius 2 is 1.92 bits per heavy atom. The summed E-state index contributed by atoms with van der Waals surface area (Å²) >= 11 is 0. The molecule has 0 aromatic carbocycles. The van der Waals surface area contributed by atoms with Crippen LogP contribution in [0.3, 0.4) is 0 Å². The van der Waals surface area contributed by atoms with Gasteiger partial charge in [0, 0.05) is 0 Å². The van der Waals surface area contributed by atoms with E-state index in [0.717, 1.165) is 13.8 Å². The van der Waals surface area contributed by atoms with Gasteiger partial charge >= 0.3 is 0 Å². The van der Waals surface area contributed by atoms with Gasteiger partial charge in [0.1, 0.15) is 6.04 Å². The lowest BCUT2D eigenvalue weighted by molar-refractivity contribution is -0.134. The summed E-state index contributed by atoms with van der Waals surface area (Å²) in [6.45, 7) is 3.61. The molecule has 0 unspecified atom stereocenters. The van der Waals surface area contributed by atoms with Crippen LogP contribution in [0.2, 0.25) is 0 Å². The first-order chi connectivity index (χ1) is 5.25. The van der Waals surface area contributed by atoms with Crippen molar-refractivity contribution < 1.29 is 14.0 Å². The smallest absolute Gasteiger partial charge is 0.257 e. The highest BCUT2D eigenvalue weighted by Crippen LogP contribution is 2.07. The van der Waals surface area contributed by atoms with E-state index in [-0.39, 0.29) is 0 Å². The van der Waals surface area contributed by atoms with E-state index in [1.807, 2.05) is 0 Å². The zero-order valence-electron chi connectivity index (χ0n) is 7.35. The molecular weight excluding hydrogens is 163 g/mol. The minimum Gasteiger partial charge on any atom is -0.368 e. The lowest BCUT2D eigenvalue weighted by Gasteiger charge is -2.16. The second-order valence-corrected chi connectivity index (χ2v) is 3.07. The summed E-state index contributed by atoms with van der Waals surface area (Å²) in [6.07, 6.45) is 0. The van der Waals surface area contributed by atoms with Crippen LogP contribution in [0.25, 0.3) is 0 Å². The molecule has 0 bridgehead atoms. The van der Waals surface area contributed by atoms with Crippen molar-refractivity contribution in [3.05, 3.63) is 0 Å². The zero-order valence-corrected chi connectivity index (χ0v) is 7.35. The number of primary amides is 1. The molecule has 4 nitrogen and oxygen atoms in total. The maximum atomic E-state index is 12.8. The first-order valence-electron chi connectivity index (χ1n) is 3.54. The summed E-state index contributed by atoms with van der Waals surface area (Å²) in [5.41, 5.74) is 2.87. The molecule has 2 amide bonds. The van der Waals surface area contributed by atoms with Crippen molar-refractivity contribution in [3.8, 4) is 0 Å². The third-order valence-corrected chi connectivity index (χ3v) is 1.31. The van der Waals surface area contributed by atoms with Crippen LogP contribution >= 0.6 is 0 Å². The van der Waals surface area contributed by atoms with Gasteiger partial charge < -0.3 is 11.1 Å². The summed E-state index contributed by atoms with van der Waals surface area (Å²) in [5, 5.41) is 2.13. The summed E-state index contributed by atoms with van der Waals surface area (Å²) in [5.74, 6) is -1.53. The monoisotopic (exact) mass is 176 g/mol. The third kappa shape index (κ3) is 3.32. The van der Waals surface area contributed by atoms with E-state index >= 15 is 0 Å². The van der Waals surface area contributed by atoms with Gasteiger partial charge in [0.15, 0.2) is 5.67 Å². The van der Waals surface area contributed by atoms with Crippen LogP contribution in [0.4, 0.5) is 4.39 Å². The van der Waals surface area contributed by atoms with Crippen molar-refractivity contribution in [2.45, 2.75) is 32.5 Å². The summed E-state index contributed by atoms with van der Waals surface area (Å²) < 4.78 is 12.8. The van der Waals surface area contributed by atoms with Crippen LogP contribution in [-0.2, 0) is 9.59 Å². The van der Waals surface area contributed by atoms with Crippen LogP contribution < -0.4 is 11.1 Å². The molecule has 12 heavy (non-hydrogen) atoms. The molecule has 0 aliphatic carbocycles. The quantitative estimate of drug-likeness (QED) is 0.621. The summed E-state index contributed by atoms with van der Waals surface area (Å²) in [7, 11) is 0. The Bertz CT molecular complexity index is 198. The maximum absolute atomic E-state index is 12.8. The number of nitrogens with one attached hydrogen (secondary N) is 1. The number of alkyl halides is 1. The van der Waals surface area contributed by atoms with E-state index in [9.17, 15) is 14.0 Å². The van der Waals surface area contributed by atoms with E-state index in [4.69, 9.17) is 5.73 Å². The Hall–Kier alpha value is -1.13. The van der Waals surface area contributed by atoms with Crippen LogP contribution in [0.15, 0.2) is 0 Å². The molecule has 0 saturated carbocycles. The minimum absolute atomic E-state index is 0.687. The van der Waals surface area contributed by atoms with Gasteiger partial charge in [0.05, 0.1) is 0 Å². The summed E-state index contributed by atoms with van der Waals surface area (Å²) in [4.78, 5) is 21.3. The van der Waals surface area contributed by atoms with Gasteiger partial charge in [0.2, 0.25) is 5.91 Å². The van der Waals surface area contributed by atoms with Crippen LogP contribution in [0.1, 0.15) is 20.8 Å². The minimum atomic E-state index is -1.98. The van der Waals surface area contributed by atoms with Gasteiger partial charge in [0.25, 0.3) is 5.91 Å². The lowest BCUT2D eigenvalue weighted by atomic mass is 10.1. The van der Waals surface area contributed by atoms with Crippen molar-refractivity contribution >= 4 is 11.8 Å². The van der Waals surface area contributed by atoms with Gasteiger partial charge in [-0.1, -0.05) is 0 Å². The predicted octanol–water partition coefficient (Wildman–Crippen LogP) is -0.276. The van der Waals surface area contributed by atoms with Gasteiger partial charge in [-0.05, 0) is 20.8 Å². The number of amides is 2. The van der Waals surface area contributed by atoms with Crippen molar-refractivity contribution in [2.24, 2.45) is 5.73 Å². The van der Waals surface area contributed by atoms with E-state index in [0.29, 0.717) is 0 Å². The van der Waals surface area contributed by atoms with Crippen LogP contribution in [-0.4, -0.2) is 23.5 Å². The highest BCUT2D eigenvalue weighted by atomic mass is 19.1. The molecule has 0 saturated heterocycles. The van der Waals surface area contributed by atoms with Gasteiger partial charge in [-0.3, -0.25) is 9.59 Å². The van der Waals surface area contributed by atoms with Crippen LogP contribution in [0.5, 0.6) is 0 Å². The number of carbonyl (C=O) groups is 2. The van der Waals surface area contributed by atoms with Gasteiger partial charge in [-0.2, -0.15) is 0 Å². The molecule has 0 aliphatic heterocycles. The predicted molar refractivity (Wildman–Crippen MR) is 42.0 cm³/mol. The van der Waals surface area contributed by atoms with Gasteiger partial charge in [-0.15, -0.1) is 0 Å². The SMILES string of the molecule is C[C@@H](NC(=O)C(C)(C)F)C(N)=O. The summed E-state index contributed by atoms with van der Waals surface area (Å²) in [6, 6.07) is -0.840. The molecule has 0 aromatic heterocycles. The molecule has 0 aliphatic rings. The Morgan fingerprint density at radius 1 is 1.50 bits per heavy atom. The van der Waals surface area contributed by atoms with Crippen LogP contribution in [0, 0.1) is 0 Å². The largest absolute Gasteiger partial charge is 0.368 e. The number of rotatable bonds is 3. The first kappa shape index (κ1) is 10.9. The van der Waals surface area contributed by atoms with Crippen molar-refractivity contribution in [3.63, 3.8) is 0 Å². The fraction of sp³-hybridized carbons (Fsp3) is 0.714. The Morgan fingerprint density at radius 3 is 2.17 bits per heavy atom. The molecule has 0 heterocycles. The second kappa shape index (κ2) is 3.51. The Balaban J connectivity index is 4.11. The van der Waals surface area contributed by atoms with E-state index in [1.165, 1.54) is 6.92 Å². The maximum Gasteiger partial charge on any atom is 0.257 e. The number of hydrogen-bond donors (Lipinski definition) is 2. The van der Waals surface area contributed by atoms with Crippen molar-refractivity contribution in [1.82, 2.24) is 5.32 Å². The standard InChI is InChI=1S/C7H13FN2O2/c1-4(5(9)11)10-6(12)7(2,3)8/h4H,1-3H3,(H2,9,11)(H,10,12)/t4-/m1/s1. The molecule has 70 valence electrons. The van der Waals surface area contributed by atoms with Crippen molar-refractivity contribution in [1.29, 1.82) is 0 Å². The number of hydrogen-bond acceptors (Lipinski definition) is 2. The Kier molecular flexibility index (Phi) is 3.18. The second-order valence-electron chi connectivity index (χ2n) is 3.07. The molecule has 0 aromatic rings. The third-order valence-electron chi connectivity index (χ3n) is 1.31. The van der Waals surface area contributed by atoms with E-state index in [1.54, 1.807) is 0 Å². The van der Waals surface area contributed by atoms with E-state index < -0.39 is 23.5 Å². The molecular formula is C7H13FN2O2. The molecule has 0 fully saturated rings. The van der Waals surface area contributed by atoms with E-state index in [2.05, 4.69) is 5.32 Å². The first-order valence-corrected chi connectivity index (χ1v) is 3.54. The van der Waals surface area contributed by atoms with Gasteiger partial charge in [-0.25, -0.2) is 4.39 Å². The normalized spacial score (nSPS) is 13.7. The fourth-order valence-electron chi connectivity index (χ4n) is 0.439. The molecule has 0 rings (SSSR count). The number of carbonyl (C=O) groups excluding carboxylic acids is 2. The highest BCUT2D eigenvalue weighted by Gasteiger charge is 2.28. The topological polar surface area (TPSA) is 72.2 Å². The number of nitrogens with two attached hydrogens (primary N) is 1. The lowest BCUT2D eigenvalue weighted by Crippen LogP contribution is -2.48. The molecule has 5 heteroatoms. The fourth-order valence-corrected chi connectivity index (χ4v) is 0.439.